The first-order chi connectivity index (χ1) is 8.16. The van der Waals surface area contributed by atoms with E-state index in [0.29, 0.717) is 25.4 Å². The largest absolute Gasteiger partial charge is 0.382 e. The molecule has 0 aliphatic rings. The van der Waals surface area contributed by atoms with E-state index in [9.17, 15) is 10.1 Å². The van der Waals surface area contributed by atoms with Crippen LogP contribution in [0.25, 0.3) is 0 Å². The molecule has 17 heavy (non-hydrogen) atoms. The number of nitrogens with zero attached hydrogens (tertiary/aromatic N) is 2. The highest BCUT2D eigenvalue weighted by atomic mass is 35.5. The smallest absolute Gasteiger partial charge is 0.311 e. The van der Waals surface area contributed by atoms with Crippen molar-refractivity contribution in [2.45, 2.75) is 13.3 Å². The number of ether oxygens (including phenoxy) is 1. The third-order valence-electron chi connectivity index (χ3n) is 2.05. The molecule has 0 fully saturated rings. The van der Waals surface area contributed by atoms with Crippen LogP contribution in [0.5, 0.6) is 0 Å². The maximum Gasteiger partial charge on any atom is 0.311 e. The van der Waals surface area contributed by atoms with Crippen LogP contribution in [0.3, 0.4) is 0 Å². The summed E-state index contributed by atoms with van der Waals surface area (Å²) in [5.41, 5.74) is 0.192. The van der Waals surface area contributed by atoms with Crippen LogP contribution in [-0.2, 0) is 4.74 Å². The van der Waals surface area contributed by atoms with Crippen LogP contribution in [0.4, 0.5) is 11.4 Å². The molecule has 94 valence electrons. The van der Waals surface area contributed by atoms with Gasteiger partial charge in [-0.25, -0.2) is 0 Å². The summed E-state index contributed by atoms with van der Waals surface area (Å²) in [5, 5.41) is 13.9. The summed E-state index contributed by atoms with van der Waals surface area (Å²) in [6.07, 6.45) is 3.31. The summed E-state index contributed by atoms with van der Waals surface area (Å²) in [6.45, 7) is 3.75. The fourth-order valence-electron chi connectivity index (χ4n) is 1.27. The zero-order chi connectivity index (χ0) is 12.7. The van der Waals surface area contributed by atoms with Crippen molar-refractivity contribution in [1.29, 1.82) is 0 Å². The quantitative estimate of drug-likeness (QED) is 0.462. The summed E-state index contributed by atoms with van der Waals surface area (Å²) < 4.78 is 5.16. The fourth-order valence-corrected chi connectivity index (χ4v) is 1.49. The maximum absolute atomic E-state index is 10.8. The SMILES string of the molecule is CCOCCCNc1c(Cl)cncc1[N+](=O)[O-]. The van der Waals surface area contributed by atoms with Crippen LogP contribution in [0.2, 0.25) is 5.02 Å². The number of hydrogen-bond acceptors (Lipinski definition) is 5. The van der Waals surface area contributed by atoms with Crippen LogP contribution < -0.4 is 5.32 Å². The molecule has 0 atom stereocenters. The molecule has 1 aromatic rings. The van der Waals surface area contributed by atoms with Crippen molar-refractivity contribution in [3.8, 4) is 0 Å². The van der Waals surface area contributed by atoms with E-state index >= 15 is 0 Å². The van der Waals surface area contributed by atoms with Crippen molar-refractivity contribution in [3.05, 3.63) is 27.5 Å². The van der Waals surface area contributed by atoms with Gasteiger partial charge in [0, 0.05) is 26.0 Å². The summed E-state index contributed by atoms with van der Waals surface area (Å²) >= 11 is 5.85. The maximum atomic E-state index is 10.8. The second-order valence-electron chi connectivity index (χ2n) is 3.25. The summed E-state index contributed by atoms with van der Waals surface area (Å²) in [6, 6.07) is 0. The lowest BCUT2D eigenvalue weighted by atomic mass is 10.3. The van der Waals surface area contributed by atoms with Gasteiger partial charge in [-0.05, 0) is 13.3 Å². The Balaban J connectivity index is 2.60. The van der Waals surface area contributed by atoms with Gasteiger partial charge in [-0.2, -0.15) is 0 Å². The molecule has 1 heterocycles. The third-order valence-corrected chi connectivity index (χ3v) is 2.33. The monoisotopic (exact) mass is 259 g/mol. The van der Waals surface area contributed by atoms with Gasteiger partial charge < -0.3 is 10.1 Å². The zero-order valence-corrected chi connectivity index (χ0v) is 10.2. The van der Waals surface area contributed by atoms with Gasteiger partial charge in [-0.1, -0.05) is 11.6 Å². The Labute approximate surface area is 104 Å². The van der Waals surface area contributed by atoms with Crippen LogP contribution in [0.15, 0.2) is 12.4 Å². The van der Waals surface area contributed by atoms with Gasteiger partial charge in [0.2, 0.25) is 0 Å². The number of aromatic nitrogens is 1. The highest BCUT2D eigenvalue weighted by molar-refractivity contribution is 6.33. The van der Waals surface area contributed by atoms with E-state index in [1.165, 1.54) is 12.4 Å². The van der Waals surface area contributed by atoms with E-state index in [2.05, 4.69) is 10.3 Å². The number of nitrogens with one attached hydrogen (secondary N) is 1. The van der Waals surface area contributed by atoms with Crippen LogP contribution in [-0.4, -0.2) is 29.7 Å². The molecule has 7 heteroatoms. The van der Waals surface area contributed by atoms with E-state index < -0.39 is 4.92 Å². The van der Waals surface area contributed by atoms with E-state index in [-0.39, 0.29) is 10.7 Å². The molecule has 0 radical (unpaired) electrons. The molecule has 0 aliphatic heterocycles. The normalized spacial score (nSPS) is 10.2. The minimum absolute atomic E-state index is 0.117. The molecule has 0 saturated heterocycles. The third kappa shape index (κ3) is 4.16. The van der Waals surface area contributed by atoms with E-state index in [4.69, 9.17) is 16.3 Å². The Bertz CT molecular complexity index is 387. The van der Waals surface area contributed by atoms with Crippen molar-refractivity contribution >= 4 is 23.0 Å². The minimum atomic E-state index is -0.510. The van der Waals surface area contributed by atoms with Crippen molar-refractivity contribution in [2.75, 3.05) is 25.1 Å². The van der Waals surface area contributed by atoms with E-state index in [1.807, 2.05) is 6.92 Å². The van der Waals surface area contributed by atoms with Crippen molar-refractivity contribution < 1.29 is 9.66 Å². The average Bonchev–Trinajstić information content (AvgIpc) is 2.30. The van der Waals surface area contributed by atoms with E-state index in [0.717, 1.165) is 6.42 Å². The molecule has 0 unspecified atom stereocenters. The molecule has 0 bridgehead atoms. The molecular weight excluding hydrogens is 246 g/mol. The molecule has 0 aromatic carbocycles. The molecular formula is C10H14ClN3O3. The first-order valence-corrected chi connectivity index (χ1v) is 5.64. The highest BCUT2D eigenvalue weighted by Crippen LogP contribution is 2.30. The Morgan fingerprint density at radius 3 is 3.00 bits per heavy atom. The minimum Gasteiger partial charge on any atom is -0.382 e. The second kappa shape index (κ2) is 7.03. The molecule has 0 amide bonds. The lowest BCUT2D eigenvalue weighted by Crippen LogP contribution is -2.08. The molecule has 0 saturated carbocycles. The number of halogens is 1. The van der Waals surface area contributed by atoms with Gasteiger partial charge in [-0.15, -0.1) is 0 Å². The summed E-state index contributed by atoms with van der Waals surface area (Å²) in [5.74, 6) is 0. The van der Waals surface area contributed by atoms with Crippen molar-refractivity contribution in [3.63, 3.8) is 0 Å². The zero-order valence-electron chi connectivity index (χ0n) is 9.48. The Kier molecular flexibility index (Phi) is 5.65. The van der Waals surface area contributed by atoms with Crippen molar-refractivity contribution in [2.24, 2.45) is 0 Å². The van der Waals surface area contributed by atoms with Crippen molar-refractivity contribution in [1.82, 2.24) is 4.98 Å². The van der Waals surface area contributed by atoms with Gasteiger partial charge in [0.05, 0.1) is 9.95 Å². The summed E-state index contributed by atoms with van der Waals surface area (Å²) in [7, 11) is 0. The fraction of sp³-hybridized carbons (Fsp3) is 0.500. The lowest BCUT2D eigenvalue weighted by Gasteiger charge is -2.08. The predicted molar refractivity (Wildman–Crippen MR) is 65.5 cm³/mol. The standard InChI is InChI=1S/C10H14ClN3O3/c1-2-17-5-3-4-13-10-8(11)6-12-7-9(10)14(15)16/h6-7H,2-5H2,1H3,(H,12,13). The topological polar surface area (TPSA) is 77.3 Å². The second-order valence-corrected chi connectivity index (χ2v) is 3.66. The van der Waals surface area contributed by atoms with Crippen LogP contribution >= 0.6 is 11.6 Å². The number of hydrogen-bond donors (Lipinski definition) is 1. The Morgan fingerprint density at radius 1 is 1.59 bits per heavy atom. The molecule has 0 aliphatic carbocycles. The molecule has 0 spiro atoms. The van der Waals surface area contributed by atoms with E-state index in [1.54, 1.807) is 0 Å². The highest BCUT2D eigenvalue weighted by Gasteiger charge is 2.16. The number of anilines is 1. The van der Waals surface area contributed by atoms with Gasteiger partial charge in [-0.3, -0.25) is 15.1 Å². The number of rotatable bonds is 7. The first kappa shape index (κ1) is 13.7. The van der Waals surface area contributed by atoms with Crippen LogP contribution in [0, 0.1) is 10.1 Å². The molecule has 6 nitrogen and oxygen atoms in total. The number of nitro groups is 1. The van der Waals surface area contributed by atoms with Crippen LogP contribution in [0.1, 0.15) is 13.3 Å². The lowest BCUT2D eigenvalue weighted by molar-refractivity contribution is -0.384. The average molecular weight is 260 g/mol. The van der Waals surface area contributed by atoms with Gasteiger partial charge >= 0.3 is 5.69 Å². The Hall–Kier alpha value is -1.40. The first-order valence-electron chi connectivity index (χ1n) is 5.26. The predicted octanol–water partition coefficient (Wildman–Crippen LogP) is 2.48. The molecule has 1 aromatic heterocycles. The van der Waals surface area contributed by atoms with Gasteiger partial charge in [0.25, 0.3) is 0 Å². The Morgan fingerprint density at radius 2 is 2.35 bits per heavy atom. The summed E-state index contributed by atoms with van der Waals surface area (Å²) in [4.78, 5) is 13.9. The van der Waals surface area contributed by atoms with Gasteiger partial charge in [0.1, 0.15) is 11.9 Å². The number of pyridine rings is 1. The van der Waals surface area contributed by atoms with Gasteiger partial charge in [0.15, 0.2) is 0 Å². The molecule has 1 N–H and O–H groups in total. The molecule has 1 rings (SSSR count).